The maximum absolute atomic E-state index is 12.0. The third kappa shape index (κ3) is 9.71. The number of nitrogens with zero attached hydrogens (tertiary/aromatic N) is 4. The molecule has 0 radical (unpaired) electrons. The Balaban J connectivity index is 2.40. The third-order valence-corrected chi connectivity index (χ3v) is 3.25. The highest BCUT2D eigenvalue weighted by Crippen LogP contribution is 2.14. The van der Waals surface area contributed by atoms with Crippen LogP contribution in [0.4, 0.5) is 19.0 Å². The fourth-order valence-electron chi connectivity index (χ4n) is 1.68. The van der Waals surface area contributed by atoms with Gasteiger partial charge >= 0.3 is 6.18 Å². The van der Waals surface area contributed by atoms with E-state index in [1.54, 1.807) is 10.9 Å². The molecule has 0 unspecified atom stereocenters. The first-order valence-corrected chi connectivity index (χ1v) is 9.23. The van der Waals surface area contributed by atoms with E-state index in [1.165, 1.54) is 13.1 Å². The van der Waals surface area contributed by atoms with Crippen LogP contribution in [0.3, 0.4) is 0 Å². The zero-order chi connectivity index (χ0) is 19.8. The van der Waals surface area contributed by atoms with Crippen LogP contribution in [0.5, 0.6) is 0 Å². The van der Waals surface area contributed by atoms with Gasteiger partial charge in [0.05, 0.1) is 6.26 Å². The molecule has 0 aliphatic heterocycles. The van der Waals surface area contributed by atoms with E-state index in [-0.39, 0.29) is 17.7 Å². The lowest BCUT2D eigenvalue weighted by molar-refractivity contribution is -0.118. The first-order chi connectivity index (χ1) is 12.0. The van der Waals surface area contributed by atoms with Gasteiger partial charge in [0, 0.05) is 32.4 Å². The number of nitrogens with one attached hydrogen (secondary N) is 3. The monoisotopic (exact) mass is 398 g/mol. The Bertz CT molecular complexity index is 742. The van der Waals surface area contributed by atoms with Gasteiger partial charge in [0.2, 0.25) is 16.0 Å². The van der Waals surface area contributed by atoms with Crippen LogP contribution in [-0.2, 0) is 16.6 Å². The normalized spacial score (nSPS) is 13.6. The lowest BCUT2D eigenvalue weighted by atomic mass is 10.4. The van der Waals surface area contributed by atoms with Crippen LogP contribution in [0.15, 0.2) is 22.2 Å². The van der Waals surface area contributed by atoms with Crippen molar-refractivity contribution in [3.05, 3.63) is 12.3 Å². The minimum atomic E-state index is -4.43. The zero-order valence-corrected chi connectivity index (χ0v) is 15.0. The van der Waals surface area contributed by atoms with E-state index < -0.39 is 22.7 Å². The number of rotatable bonds is 7. The number of alkyl halides is 3. The van der Waals surface area contributed by atoms with E-state index in [0.29, 0.717) is 19.5 Å². The predicted molar refractivity (Wildman–Crippen MR) is 92.4 cm³/mol. The molecule has 0 aromatic carbocycles. The summed E-state index contributed by atoms with van der Waals surface area (Å²) in [5, 5.41) is 9.37. The van der Waals surface area contributed by atoms with E-state index in [0.717, 1.165) is 6.26 Å². The van der Waals surface area contributed by atoms with Gasteiger partial charge in [0.1, 0.15) is 6.54 Å². The van der Waals surface area contributed by atoms with Crippen molar-refractivity contribution >= 4 is 27.8 Å². The Morgan fingerprint density at radius 3 is 2.69 bits per heavy atom. The standard InChI is InChI=1S/C12H21F3N8O2S/c1-17-11(22-26(2,24)25)18-5-3-6-23-7-4-9(21-23)20-10(16)19-8-12(13,14)15/h4,7H,3,5-6,8H2,1-2H3,(H2,17,18,22)(H3,16,19,20,21). The average molecular weight is 398 g/mol. The summed E-state index contributed by atoms with van der Waals surface area (Å²) < 4.78 is 62.1. The quantitative estimate of drug-likeness (QED) is 0.282. The van der Waals surface area contributed by atoms with Crippen molar-refractivity contribution in [1.82, 2.24) is 19.8 Å². The molecule has 14 heteroatoms. The summed E-state index contributed by atoms with van der Waals surface area (Å²) >= 11 is 0. The van der Waals surface area contributed by atoms with Crippen molar-refractivity contribution < 1.29 is 21.6 Å². The van der Waals surface area contributed by atoms with Gasteiger partial charge in [-0.05, 0) is 6.42 Å². The highest BCUT2D eigenvalue weighted by Gasteiger charge is 2.26. The highest BCUT2D eigenvalue weighted by molar-refractivity contribution is 7.89. The summed E-state index contributed by atoms with van der Waals surface area (Å²) in [5.74, 6) is 0.00444. The number of aromatic nitrogens is 2. The van der Waals surface area contributed by atoms with Gasteiger partial charge in [-0.15, -0.1) is 0 Å². The number of anilines is 1. The van der Waals surface area contributed by atoms with E-state index in [1.807, 2.05) is 0 Å². The van der Waals surface area contributed by atoms with Crippen LogP contribution in [0.2, 0.25) is 0 Å². The fraction of sp³-hybridized carbons (Fsp3) is 0.583. The van der Waals surface area contributed by atoms with Gasteiger partial charge in [-0.2, -0.15) is 18.3 Å². The number of guanidine groups is 2. The minimum Gasteiger partial charge on any atom is -0.370 e. The van der Waals surface area contributed by atoms with Gasteiger partial charge in [0.15, 0.2) is 11.8 Å². The number of aryl methyl sites for hydroxylation is 1. The summed E-state index contributed by atoms with van der Waals surface area (Å²) in [5.41, 5.74) is 5.35. The van der Waals surface area contributed by atoms with Crippen molar-refractivity contribution in [2.75, 3.05) is 31.7 Å². The number of hydrogen-bond donors (Lipinski definition) is 4. The first-order valence-electron chi connectivity index (χ1n) is 7.34. The molecule has 0 aliphatic rings. The van der Waals surface area contributed by atoms with E-state index in [2.05, 4.69) is 30.4 Å². The summed E-state index contributed by atoms with van der Waals surface area (Å²) in [4.78, 5) is 6.93. The molecule has 10 nitrogen and oxygen atoms in total. The van der Waals surface area contributed by atoms with Gasteiger partial charge in [-0.25, -0.2) is 13.4 Å². The maximum atomic E-state index is 12.0. The molecule has 148 valence electrons. The minimum absolute atomic E-state index is 0.129. The molecule has 0 atom stereocenters. The zero-order valence-electron chi connectivity index (χ0n) is 14.2. The molecule has 0 aliphatic carbocycles. The molecule has 0 bridgehead atoms. The van der Waals surface area contributed by atoms with Gasteiger partial charge < -0.3 is 16.4 Å². The van der Waals surface area contributed by atoms with E-state index in [4.69, 9.17) is 5.73 Å². The summed E-state index contributed by atoms with van der Waals surface area (Å²) in [7, 11) is -1.97. The second-order valence-electron chi connectivity index (χ2n) is 5.13. The highest BCUT2D eigenvalue weighted by atomic mass is 32.2. The first kappa shape index (κ1) is 21.5. The topological polar surface area (TPSA) is 139 Å². The average Bonchev–Trinajstić information content (AvgIpc) is 2.94. The van der Waals surface area contributed by atoms with Crippen molar-refractivity contribution in [1.29, 1.82) is 0 Å². The molecule has 0 spiro atoms. The van der Waals surface area contributed by atoms with Crippen LogP contribution >= 0.6 is 0 Å². The molecule has 1 aromatic heterocycles. The van der Waals surface area contributed by atoms with Crippen molar-refractivity contribution in [3.8, 4) is 0 Å². The molecule has 26 heavy (non-hydrogen) atoms. The molecule has 0 saturated heterocycles. The van der Waals surface area contributed by atoms with Gasteiger partial charge in [-0.3, -0.25) is 14.4 Å². The van der Waals surface area contributed by atoms with Crippen LogP contribution in [-0.4, -0.2) is 62.7 Å². The number of nitrogens with two attached hydrogens (primary N) is 1. The SMILES string of the molecule is CN=C(NCCCn1ccc(NC(N)=NCC(F)(F)F)n1)NS(C)(=O)=O. The second-order valence-corrected chi connectivity index (χ2v) is 6.88. The predicted octanol–water partition coefficient (Wildman–Crippen LogP) is -0.313. The Labute approximate surface area is 148 Å². The molecular formula is C12H21F3N8O2S. The molecule has 0 amide bonds. The molecule has 5 N–H and O–H groups in total. The molecule has 1 heterocycles. The van der Waals surface area contributed by atoms with Crippen LogP contribution in [0, 0.1) is 0 Å². The molecule has 1 rings (SSSR count). The van der Waals surface area contributed by atoms with Crippen molar-refractivity contribution in [3.63, 3.8) is 0 Å². The molecule has 0 saturated carbocycles. The summed E-state index contributed by atoms with van der Waals surface area (Å²) in [6.45, 7) is -0.474. The fourth-order valence-corrected chi connectivity index (χ4v) is 2.20. The largest absolute Gasteiger partial charge is 0.408 e. The molecule has 0 fully saturated rings. The number of halogens is 3. The lowest BCUT2D eigenvalue weighted by Crippen LogP contribution is -2.40. The number of aliphatic imine (C=N–C) groups is 2. The van der Waals surface area contributed by atoms with Crippen LogP contribution in [0.1, 0.15) is 6.42 Å². The second kappa shape index (κ2) is 9.26. The number of sulfonamides is 1. The Hall–Kier alpha value is -2.51. The summed E-state index contributed by atoms with van der Waals surface area (Å²) in [6, 6.07) is 1.54. The lowest BCUT2D eigenvalue weighted by Gasteiger charge is -2.10. The molecular weight excluding hydrogens is 377 g/mol. The Morgan fingerprint density at radius 1 is 1.42 bits per heavy atom. The maximum Gasteiger partial charge on any atom is 0.408 e. The molecule has 1 aromatic rings. The summed E-state index contributed by atoms with van der Waals surface area (Å²) in [6.07, 6.45) is -1.21. The van der Waals surface area contributed by atoms with Gasteiger partial charge in [-0.1, -0.05) is 0 Å². The van der Waals surface area contributed by atoms with E-state index in [9.17, 15) is 21.6 Å². The van der Waals surface area contributed by atoms with Gasteiger partial charge in [0.25, 0.3) is 0 Å². The smallest absolute Gasteiger partial charge is 0.370 e. The van der Waals surface area contributed by atoms with Crippen LogP contribution < -0.4 is 21.1 Å². The van der Waals surface area contributed by atoms with Crippen molar-refractivity contribution in [2.45, 2.75) is 19.1 Å². The van der Waals surface area contributed by atoms with E-state index >= 15 is 0 Å². The number of hydrogen-bond acceptors (Lipinski definition) is 5. The Morgan fingerprint density at radius 2 is 2.12 bits per heavy atom. The van der Waals surface area contributed by atoms with Crippen molar-refractivity contribution in [2.24, 2.45) is 15.7 Å². The Kier molecular flexibility index (Phi) is 7.67. The van der Waals surface area contributed by atoms with Crippen LogP contribution in [0.25, 0.3) is 0 Å². The third-order valence-electron chi connectivity index (χ3n) is 2.69.